The number of methoxy groups -OCH3 is 1. The van der Waals surface area contributed by atoms with E-state index in [1.165, 1.54) is 23.1 Å². The highest BCUT2D eigenvalue weighted by molar-refractivity contribution is 7.92. The van der Waals surface area contributed by atoms with Crippen molar-refractivity contribution in [1.82, 2.24) is 10.2 Å². The van der Waals surface area contributed by atoms with Crippen LogP contribution in [0.5, 0.6) is 5.75 Å². The summed E-state index contributed by atoms with van der Waals surface area (Å²) in [5.74, 6) is -0.257. The summed E-state index contributed by atoms with van der Waals surface area (Å²) in [5.41, 5.74) is 2.13. The van der Waals surface area contributed by atoms with Gasteiger partial charge in [-0.05, 0) is 89.1 Å². The van der Waals surface area contributed by atoms with Crippen molar-refractivity contribution in [3.05, 3.63) is 88.4 Å². The number of amides is 2. The summed E-state index contributed by atoms with van der Waals surface area (Å²) in [4.78, 5) is 28.7. The maximum Gasteiger partial charge on any atom is 0.264 e. The highest BCUT2D eigenvalue weighted by Crippen LogP contribution is 2.29. The molecule has 8 nitrogen and oxygen atoms in total. The molecule has 2 amide bonds. The molecule has 0 aliphatic heterocycles. The lowest BCUT2D eigenvalue weighted by Crippen LogP contribution is -2.54. The number of halogens is 1. The average Bonchev–Trinajstić information content (AvgIpc) is 2.91. The van der Waals surface area contributed by atoms with Crippen LogP contribution < -0.4 is 14.4 Å². The summed E-state index contributed by atoms with van der Waals surface area (Å²) in [6.07, 6.45) is 0. The van der Waals surface area contributed by atoms with Gasteiger partial charge in [0, 0.05) is 17.1 Å². The van der Waals surface area contributed by atoms with Crippen LogP contribution in [0.25, 0.3) is 0 Å². The molecule has 1 atom stereocenters. The smallest absolute Gasteiger partial charge is 0.264 e. The number of rotatable bonds is 10. The van der Waals surface area contributed by atoms with Gasteiger partial charge in [-0.2, -0.15) is 0 Å². The van der Waals surface area contributed by atoms with Gasteiger partial charge in [0.1, 0.15) is 18.3 Å². The van der Waals surface area contributed by atoms with Crippen LogP contribution in [-0.2, 0) is 26.2 Å². The van der Waals surface area contributed by atoms with Crippen molar-refractivity contribution in [2.45, 2.75) is 64.6 Å². The fourth-order valence-electron chi connectivity index (χ4n) is 4.09. The summed E-state index contributed by atoms with van der Waals surface area (Å²) in [7, 11) is -2.62. The number of sulfonamides is 1. The minimum absolute atomic E-state index is 0.0350. The number of carbonyl (C=O) groups is 2. The van der Waals surface area contributed by atoms with E-state index in [-0.39, 0.29) is 23.0 Å². The van der Waals surface area contributed by atoms with Crippen LogP contribution in [-0.4, -0.2) is 50.4 Å². The predicted molar refractivity (Wildman–Crippen MR) is 163 cm³/mol. The van der Waals surface area contributed by atoms with Gasteiger partial charge >= 0.3 is 0 Å². The van der Waals surface area contributed by atoms with E-state index < -0.39 is 34.1 Å². The van der Waals surface area contributed by atoms with Crippen LogP contribution in [0, 0.1) is 13.8 Å². The molecule has 3 aromatic carbocycles. The Morgan fingerprint density at radius 1 is 0.976 bits per heavy atom. The third-order valence-electron chi connectivity index (χ3n) is 6.51. The van der Waals surface area contributed by atoms with Gasteiger partial charge < -0.3 is 15.0 Å². The van der Waals surface area contributed by atoms with Gasteiger partial charge in [0.25, 0.3) is 10.0 Å². The molecule has 3 rings (SSSR count). The van der Waals surface area contributed by atoms with Crippen molar-refractivity contribution in [1.29, 1.82) is 0 Å². The quantitative estimate of drug-likeness (QED) is 0.332. The van der Waals surface area contributed by atoms with Crippen LogP contribution in [0.15, 0.2) is 71.6 Å². The Hall–Kier alpha value is -3.56. The Labute approximate surface area is 248 Å². The summed E-state index contributed by atoms with van der Waals surface area (Å²) in [6.45, 7) is 10.4. The highest BCUT2D eigenvalue weighted by atomic mass is 35.5. The van der Waals surface area contributed by atoms with Gasteiger partial charge in [-0.3, -0.25) is 13.9 Å². The largest absolute Gasteiger partial charge is 0.497 e. The highest BCUT2D eigenvalue weighted by Gasteiger charge is 2.33. The summed E-state index contributed by atoms with van der Waals surface area (Å²) >= 11 is 6.38. The monoisotopic (exact) mass is 599 g/mol. The Bertz CT molecular complexity index is 1480. The van der Waals surface area contributed by atoms with Crippen molar-refractivity contribution in [3.8, 4) is 5.75 Å². The Morgan fingerprint density at radius 2 is 1.59 bits per heavy atom. The van der Waals surface area contributed by atoms with Crippen molar-refractivity contribution in [3.63, 3.8) is 0 Å². The molecule has 0 unspecified atom stereocenters. The molecule has 0 heterocycles. The Kier molecular flexibility index (Phi) is 10.1. The van der Waals surface area contributed by atoms with Crippen LogP contribution in [0.3, 0.4) is 0 Å². The van der Waals surface area contributed by atoms with Crippen LogP contribution >= 0.6 is 11.6 Å². The number of ether oxygens (including phenoxy) is 1. The van der Waals surface area contributed by atoms with Crippen molar-refractivity contribution in [2.24, 2.45) is 0 Å². The molecular weight excluding hydrogens is 562 g/mol. The van der Waals surface area contributed by atoms with E-state index >= 15 is 0 Å². The maximum atomic E-state index is 14.0. The molecule has 0 spiro atoms. The van der Waals surface area contributed by atoms with Crippen LogP contribution in [0.1, 0.15) is 44.4 Å². The molecule has 3 aromatic rings. The number of anilines is 1. The molecule has 0 bridgehead atoms. The zero-order chi connectivity index (χ0) is 30.5. The number of hydrogen-bond donors (Lipinski definition) is 1. The first-order chi connectivity index (χ1) is 19.1. The molecule has 220 valence electrons. The summed E-state index contributed by atoms with van der Waals surface area (Å²) in [6, 6.07) is 17.5. The van der Waals surface area contributed by atoms with Crippen molar-refractivity contribution < 1.29 is 22.7 Å². The van der Waals surface area contributed by atoms with Gasteiger partial charge in [-0.1, -0.05) is 47.5 Å². The SMILES string of the molecule is COc1ccc(CN(C(=O)CN(c2ccc(C)c(Cl)c2)S(=O)(=O)c2ccc(C)cc2)[C@@H](C)C(=O)NC(C)(C)C)cc1. The Morgan fingerprint density at radius 3 is 2.12 bits per heavy atom. The third kappa shape index (κ3) is 8.24. The van der Waals surface area contributed by atoms with Crippen LogP contribution in [0.4, 0.5) is 5.69 Å². The van der Waals surface area contributed by atoms with E-state index in [2.05, 4.69) is 5.32 Å². The topological polar surface area (TPSA) is 96.0 Å². The number of benzene rings is 3. The molecule has 0 aliphatic rings. The number of carbonyl (C=O) groups excluding carboxylic acids is 2. The minimum Gasteiger partial charge on any atom is -0.497 e. The van der Waals surface area contributed by atoms with Gasteiger partial charge in [0.2, 0.25) is 11.8 Å². The lowest BCUT2D eigenvalue weighted by molar-refractivity contribution is -0.140. The normalized spacial score (nSPS) is 12.4. The van der Waals surface area contributed by atoms with E-state index in [0.29, 0.717) is 10.8 Å². The zero-order valence-electron chi connectivity index (χ0n) is 24.6. The second kappa shape index (κ2) is 13.0. The molecule has 0 fully saturated rings. The van der Waals surface area contributed by atoms with Crippen molar-refractivity contribution >= 4 is 39.1 Å². The molecule has 1 N–H and O–H groups in total. The van der Waals surface area contributed by atoms with E-state index in [9.17, 15) is 18.0 Å². The Balaban J connectivity index is 2.06. The molecule has 0 radical (unpaired) electrons. The molecule has 0 saturated heterocycles. The molecule has 0 saturated carbocycles. The van der Waals surface area contributed by atoms with E-state index in [1.807, 2.05) is 34.6 Å². The molecule has 10 heteroatoms. The zero-order valence-corrected chi connectivity index (χ0v) is 26.1. The first-order valence-corrected chi connectivity index (χ1v) is 15.0. The summed E-state index contributed by atoms with van der Waals surface area (Å²) in [5, 5.41) is 3.28. The number of nitrogens with one attached hydrogen (secondary N) is 1. The van der Waals surface area contributed by atoms with Gasteiger partial charge in [-0.15, -0.1) is 0 Å². The third-order valence-corrected chi connectivity index (χ3v) is 8.70. The lowest BCUT2D eigenvalue weighted by Gasteiger charge is -2.33. The fourth-order valence-corrected chi connectivity index (χ4v) is 5.67. The van der Waals surface area contributed by atoms with Gasteiger partial charge in [-0.25, -0.2) is 8.42 Å². The first kappa shape index (κ1) is 32.0. The van der Waals surface area contributed by atoms with E-state index in [0.717, 1.165) is 21.0 Å². The second-order valence-electron chi connectivity index (χ2n) is 11.0. The second-order valence-corrected chi connectivity index (χ2v) is 13.3. The number of aryl methyl sites for hydroxylation is 2. The van der Waals surface area contributed by atoms with Gasteiger partial charge in [0.15, 0.2) is 0 Å². The molecule has 41 heavy (non-hydrogen) atoms. The standard InChI is InChI=1S/C31H38ClN3O5S/c1-21-8-16-27(17-9-21)41(38,39)35(25-13-10-22(2)28(32)18-25)20-29(36)34(23(3)30(37)33-31(4,5)6)19-24-11-14-26(40-7)15-12-24/h8-18,23H,19-20H2,1-7H3,(H,33,37)/t23-/m0/s1. The molecule has 0 aliphatic carbocycles. The summed E-state index contributed by atoms with van der Waals surface area (Å²) < 4.78 is 34.2. The molecular formula is C31H38ClN3O5S. The fraction of sp³-hybridized carbons (Fsp3) is 0.355. The minimum atomic E-state index is -4.18. The van der Waals surface area contributed by atoms with E-state index in [1.54, 1.807) is 62.6 Å². The molecule has 0 aromatic heterocycles. The predicted octanol–water partition coefficient (Wildman–Crippen LogP) is 5.49. The maximum absolute atomic E-state index is 14.0. The number of nitrogens with zero attached hydrogens (tertiary/aromatic N) is 2. The number of hydrogen-bond acceptors (Lipinski definition) is 5. The lowest BCUT2D eigenvalue weighted by atomic mass is 10.1. The van der Waals surface area contributed by atoms with E-state index in [4.69, 9.17) is 16.3 Å². The van der Waals surface area contributed by atoms with Crippen LogP contribution in [0.2, 0.25) is 5.02 Å². The average molecular weight is 600 g/mol. The van der Waals surface area contributed by atoms with Crippen molar-refractivity contribution in [2.75, 3.05) is 18.0 Å². The van der Waals surface area contributed by atoms with Gasteiger partial charge in [0.05, 0.1) is 17.7 Å². The first-order valence-electron chi connectivity index (χ1n) is 13.2.